The van der Waals surface area contributed by atoms with Gasteiger partial charge in [-0.25, -0.2) is 4.98 Å². The lowest BCUT2D eigenvalue weighted by atomic mass is 9.92. The average Bonchev–Trinajstić information content (AvgIpc) is 3.10. The topological polar surface area (TPSA) is 64.6 Å². The van der Waals surface area contributed by atoms with Crippen molar-refractivity contribution in [3.8, 4) is 5.75 Å². The van der Waals surface area contributed by atoms with Crippen molar-refractivity contribution < 1.29 is 9.84 Å². The van der Waals surface area contributed by atoms with Crippen LogP contribution in [0.5, 0.6) is 5.75 Å². The fraction of sp³-hybridized carbons (Fsp3) is 0.550. The third-order valence-electron chi connectivity index (χ3n) is 5.67. The summed E-state index contributed by atoms with van der Waals surface area (Å²) in [5.74, 6) is 0.303. The maximum atomic E-state index is 10.00. The molecule has 1 saturated heterocycles. The van der Waals surface area contributed by atoms with Crippen molar-refractivity contribution in [2.75, 3.05) is 39.4 Å². The molecule has 1 aromatic heterocycles. The third-order valence-corrected chi connectivity index (χ3v) is 5.67. The number of morpholine rings is 1. The number of aromatic amines is 1. The molecule has 0 amide bonds. The van der Waals surface area contributed by atoms with Gasteiger partial charge in [0.2, 0.25) is 0 Å². The smallest absolute Gasteiger partial charge is 0.115 e. The van der Waals surface area contributed by atoms with E-state index in [2.05, 4.69) is 39.7 Å². The quantitative estimate of drug-likeness (QED) is 0.879. The molecule has 1 atom stereocenters. The molecule has 0 bridgehead atoms. The van der Waals surface area contributed by atoms with E-state index in [-0.39, 0.29) is 11.6 Å². The number of rotatable bonds is 4. The molecule has 0 aliphatic carbocycles. The Kier molecular flexibility index (Phi) is 4.73. The number of nitrogens with zero attached hydrogens (tertiary/aromatic N) is 3. The second-order valence-corrected chi connectivity index (χ2v) is 7.90. The molecule has 6 heteroatoms. The largest absolute Gasteiger partial charge is 0.508 e. The van der Waals surface area contributed by atoms with Gasteiger partial charge in [0.1, 0.15) is 5.75 Å². The lowest BCUT2D eigenvalue weighted by Crippen LogP contribution is -2.56. The highest BCUT2D eigenvalue weighted by atomic mass is 16.5. The zero-order valence-corrected chi connectivity index (χ0v) is 15.6. The molecule has 6 nitrogen and oxygen atoms in total. The van der Waals surface area contributed by atoms with Crippen molar-refractivity contribution in [3.05, 3.63) is 47.5 Å². The zero-order chi connectivity index (χ0) is 18.1. The van der Waals surface area contributed by atoms with E-state index in [1.54, 1.807) is 12.4 Å². The van der Waals surface area contributed by atoms with E-state index in [9.17, 15) is 5.11 Å². The number of imidazole rings is 1. The fourth-order valence-corrected chi connectivity index (χ4v) is 4.32. The van der Waals surface area contributed by atoms with Gasteiger partial charge in [-0.1, -0.05) is 12.1 Å². The number of aromatic hydroxyl groups is 1. The van der Waals surface area contributed by atoms with Crippen LogP contribution in [0.15, 0.2) is 30.6 Å². The lowest BCUT2D eigenvalue weighted by Gasteiger charge is -2.46. The van der Waals surface area contributed by atoms with Gasteiger partial charge in [-0.3, -0.25) is 9.80 Å². The molecular weight excluding hydrogens is 328 g/mol. The molecule has 3 heterocycles. The monoisotopic (exact) mass is 356 g/mol. The van der Waals surface area contributed by atoms with E-state index >= 15 is 0 Å². The number of aromatic nitrogens is 2. The van der Waals surface area contributed by atoms with Gasteiger partial charge >= 0.3 is 0 Å². The Balaban J connectivity index is 1.63. The van der Waals surface area contributed by atoms with Crippen LogP contribution in [-0.2, 0) is 11.2 Å². The van der Waals surface area contributed by atoms with Crippen LogP contribution in [0.1, 0.15) is 36.8 Å². The molecule has 0 saturated carbocycles. The van der Waals surface area contributed by atoms with Crippen molar-refractivity contribution in [1.29, 1.82) is 0 Å². The Hall–Kier alpha value is -1.89. The van der Waals surface area contributed by atoms with Crippen LogP contribution >= 0.6 is 0 Å². The van der Waals surface area contributed by atoms with Crippen molar-refractivity contribution in [2.24, 2.45) is 0 Å². The fourth-order valence-electron chi connectivity index (χ4n) is 4.32. The first-order chi connectivity index (χ1) is 12.5. The van der Waals surface area contributed by atoms with Gasteiger partial charge in [-0.05, 0) is 31.5 Å². The van der Waals surface area contributed by atoms with E-state index < -0.39 is 0 Å². The van der Waals surface area contributed by atoms with E-state index in [0.717, 1.165) is 57.1 Å². The number of benzene rings is 1. The van der Waals surface area contributed by atoms with Gasteiger partial charge < -0.3 is 14.8 Å². The maximum absolute atomic E-state index is 10.00. The summed E-state index contributed by atoms with van der Waals surface area (Å²) in [6.45, 7) is 10.1. The van der Waals surface area contributed by atoms with Crippen LogP contribution in [0.25, 0.3) is 0 Å². The van der Waals surface area contributed by atoms with E-state index in [1.165, 1.54) is 5.69 Å². The molecule has 4 rings (SSSR count). The predicted octanol–water partition coefficient (Wildman–Crippen LogP) is 2.17. The minimum absolute atomic E-state index is 0.0483. The molecule has 0 spiro atoms. The molecule has 2 aromatic rings. The highest BCUT2D eigenvalue weighted by molar-refractivity contribution is 5.36. The Morgan fingerprint density at radius 1 is 1.27 bits per heavy atom. The molecule has 140 valence electrons. The summed E-state index contributed by atoms with van der Waals surface area (Å²) in [5, 5.41) is 10.00. The standard InChI is InChI=1S/C20H28N4O2/c1-20(2,24-8-10-26-11-9-24)13-23-7-6-17-18(22-14-21-17)19(23)15-4-3-5-16(25)12-15/h3-5,12,14,19,25H,6-11,13H2,1-2H3,(H,21,22)/t19-/m1/s1. The molecule has 26 heavy (non-hydrogen) atoms. The Labute approximate surface area is 154 Å². The van der Waals surface area contributed by atoms with Crippen LogP contribution in [0.3, 0.4) is 0 Å². The number of hydrogen-bond acceptors (Lipinski definition) is 5. The Morgan fingerprint density at radius 3 is 2.85 bits per heavy atom. The number of phenolic OH excluding ortho intramolecular Hbond substituents is 1. The summed E-state index contributed by atoms with van der Waals surface area (Å²) in [6, 6.07) is 7.65. The van der Waals surface area contributed by atoms with Gasteiger partial charge in [0.05, 0.1) is 31.3 Å². The molecule has 0 unspecified atom stereocenters. The van der Waals surface area contributed by atoms with Crippen LogP contribution in [0.4, 0.5) is 0 Å². The Morgan fingerprint density at radius 2 is 2.08 bits per heavy atom. The van der Waals surface area contributed by atoms with E-state index in [1.807, 2.05) is 12.1 Å². The molecule has 2 aliphatic rings. The summed E-state index contributed by atoms with van der Waals surface area (Å²) in [7, 11) is 0. The summed E-state index contributed by atoms with van der Waals surface area (Å²) < 4.78 is 5.53. The van der Waals surface area contributed by atoms with Crippen LogP contribution in [0, 0.1) is 0 Å². The van der Waals surface area contributed by atoms with Gasteiger partial charge in [-0.15, -0.1) is 0 Å². The van der Waals surface area contributed by atoms with Gasteiger partial charge in [-0.2, -0.15) is 0 Å². The van der Waals surface area contributed by atoms with Crippen LogP contribution in [-0.4, -0.2) is 69.8 Å². The summed E-state index contributed by atoms with van der Waals surface area (Å²) >= 11 is 0. The first kappa shape index (κ1) is 17.5. The van der Waals surface area contributed by atoms with Gasteiger partial charge in [0.15, 0.2) is 0 Å². The second kappa shape index (κ2) is 7.02. The van der Waals surface area contributed by atoms with Crippen LogP contribution < -0.4 is 0 Å². The van der Waals surface area contributed by atoms with Crippen molar-refractivity contribution >= 4 is 0 Å². The lowest BCUT2D eigenvalue weighted by molar-refractivity contribution is -0.0256. The van der Waals surface area contributed by atoms with Gasteiger partial charge in [0.25, 0.3) is 0 Å². The van der Waals surface area contributed by atoms with E-state index in [0.29, 0.717) is 5.75 Å². The molecule has 1 fully saturated rings. The van der Waals surface area contributed by atoms with Crippen molar-refractivity contribution in [2.45, 2.75) is 31.8 Å². The molecule has 2 aliphatic heterocycles. The summed E-state index contributed by atoms with van der Waals surface area (Å²) in [5.41, 5.74) is 3.43. The van der Waals surface area contributed by atoms with Crippen molar-refractivity contribution in [1.82, 2.24) is 19.8 Å². The van der Waals surface area contributed by atoms with Crippen LogP contribution in [0.2, 0.25) is 0 Å². The first-order valence-corrected chi connectivity index (χ1v) is 9.42. The predicted molar refractivity (Wildman–Crippen MR) is 100 cm³/mol. The first-order valence-electron chi connectivity index (χ1n) is 9.42. The Bertz CT molecular complexity index is 752. The molecule has 1 aromatic carbocycles. The minimum atomic E-state index is 0.0483. The number of nitrogens with one attached hydrogen (secondary N) is 1. The van der Waals surface area contributed by atoms with Gasteiger partial charge in [0, 0.05) is 43.8 Å². The van der Waals surface area contributed by atoms with E-state index in [4.69, 9.17) is 4.74 Å². The number of ether oxygens (including phenoxy) is 1. The molecular formula is C20H28N4O2. The number of H-pyrrole nitrogens is 1. The third kappa shape index (κ3) is 3.37. The SMILES string of the molecule is CC(C)(CN1CCc2[nH]cnc2[C@H]1c1cccc(O)c1)N1CCOCC1. The highest BCUT2D eigenvalue weighted by Crippen LogP contribution is 2.36. The summed E-state index contributed by atoms with van der Waals surface area (Å²) in [6.07, 6.45) is 2.76. The van der Waals surface area contributed by atoms with Crippen molar-refractivity contribution in [3.63, 3.8) is 0 Å². The number of phenols is 1. The number of fused-ring (bicyclic) bond motifs is 1. The summed E-state index contributed by atoms with van der Waals surface area (Å²) in [4.78, 5) is 12.9. The average molecular weight is 356 g/mol. The molecule has 0 radical (unpaired) electrons. The second-order valence-electron chi connectivity index (χ2n) is 7.90. The zero-order valence-electron chi connectivity index (χ0n) is 15.6. The molecule has 2 N–H and O–H groups in total. The number of hydrogen-bond donors (Lipinski definition) is 2. The highest BCUT2D eigenvalue weighted by Gasteiger charge is 2.37. The maximum Gasteiger partial charge on any atom is 0.115 e. The minimum Gasteiger partial charge on any atom is -0.508 e. The normalized spacial score (nSPS) is 22.3.